The number of hydrogen-bond acceptors (Lipinski definition) is 5. The van der Waals surface area contributed by atoms with Crippen molar-refractivity contribution in [3.63, 3.8) is 0 Å². The Kier molecular flexibility index (Phi) is 6.70. The molecule has 0 saturated heterocycles. The highest BCUT2D eigenvalue weighted by Crippen LogP contribution is 2.30. The van der Waals surface area contributed by atoms with E-state index in [-0.39, 0.29) is 5.91 Å². The standard InChI is InChI=1S/C26H27N3O3/c1-31-23-12-10-21(11-13-23)26(30)28-27-17-19-9-14-25(32-2)22(16-19)18-29-15-5-7-20-6-3-4-8-24(20)29/h3-4,6,8-14,16-17H,5,7,15,18H2,1-2H3,(H,28,30). The number of amides is 1. The molecule has 0 saturated carbocycles. The summed E-state index contributed by atoms with van der Waals surface area (Å²) >= 11 is 0. The van der Waals surface area contributed by atoms with Gasteiger partial charge in [-0.2, -0.15) is 5.10 Å². The van der Waals surface area contributed by atoms with Gasteiger partial charge in [-0.1, -0.05) is 18.2 Å². The van der Waals surface area contributed by atoms with Crippen molar-refractivity contribution >= 4 is 17.8 Å². The van der Waals surface area contributed by atoms with E-state index in [9.17, 15) is 4.79 Å². The number of nitrogens with zero attached hydrogens (tertiary/aromatic N) is 2. The fourth-order valence-electron chi connectivity index (χ4n) is 3.96. The minimum Gasteiger partial charge on any atom is -0.497 e. The maximum absolute atomic E-state index is 12.3. The smallest absolute Gasteiger partial charge is 0.271 e. The number of carbonyl (C=O) groups is 1. The Morgan fingerprint density at radius 2 is 1.88 bits per heavy atom. The highest BCUT2D eigenvalue weighted by Gasteiger charge is 2.18. The van der Waals surface area contributed by atoms with Crippen molar-refractivity contribution in [3.8, 4) is 11.5 Å². The van der Waals surface area contributed by atoms with Gasteiger partial charge in [0.05, 0.1) is 20.4 Å². The topological polar surface area (TPSA) is 63.2 Å². The molecule has 0 atom stereocenters. The van der Waals surface area contributed by atoms with E-state index in [0.29, 0.717) is 11.3 Å². The number of ether oxygens (including phenoxy) is 2. The number of benzene rings is 3. The number of fused-ring (bicyclic) bond motifs is 1. The maximum Gasteiger partial charge on any atom is 0.271 e. The van der Waals surface area contributed by atoms with Crippen molar-refractivity contribution in [1.29, 1.82) is 0 Å². The minimum atomic E-state index is -0.275. The molecule has 1 amide bonds. The molecule has 3 aromatic rings. The van der Waals surface area contributed by atoms with E-state index in [4.69, 9.17) is 9.47 Å². The lowest BCUT2D eigenvalue weighted by molar-refractivity contribution is 0.0955. The second-order valence-corrected chi connectivity index (χ2v) is 7.65. The van der Waals surface area contributed by atoms with E-state index >= 15 is 0 Å². The van der Waals surface area contributed by atoms with Crippen LogP contribution in [0.2, 0.25) is 0 Å². The van der Waals surface area contributed by atoms with E-state index in [1.165, 1.54) is 11.3 Å². The van der Waals surface area contributed by atoms with Crippen LogP contribution in [-0.2, 0) is 13.0 Å². The van der Waals surface area contributed by atoms with E-state index in [1.54, 1.807) is 44.7 Å². The van der Waals surface area contributed by atoms with Crippen molar-refractivity contribution in [2.24, 2.45) is 5.10 Å². The Hall–Kier alpha value is -3.80. The molecule has 3 aromatic carbocycles. The van der Waals surface area contributed by atoms with Crippen LogP contribution in [-0.4, -0.2) is 32.9 Å². The molecule has 0 spiro atoms. The van der Waals surface area contributed by atoms with Crippen LogP contribution < -0.4 is 19.8 Å². The second kappa shape index (κ2) is 10.0. The molecule has 0 aliphatic carbocycles. The third-order valence-electron chi connectivity index (χ3n) is 5.60. The monoisotopic (exact) mass is 429 g/mol. The van der Waals surface area contributed by atoms with Crippen LogP contribution in [0.25, 0.3) is 0 Å². The normalized spacial score (nSPS) is 13.0. The average molecular weight is 430 g/mol. The third-order valence-corrected chi connectivity index (χ3v) is 5.60. The zero-order chi connectivity index (χ0) is 22.3. The quantitative estimate of drug-likeness (QED) is 0.446. The summed E-state index contributed by atoms with van der Waals surface area (Å²) < 4.78 is 10.7. The predicted octanol–water partition coefficient (Wildman–Crippen LogP) is 4.42. The average Bonchev–Trinajstić information content (AvgIpc) is 2.84. The number of methoxy groups -OCH3 is 2. The van der Waals surface area contributed by atoms with Gasteiger partial charge in [0.15, 0.2) is 0 Å². The molecule has 6 heteroatoms. The van der Waals surface area contributed by atoms with Gasteiger partial charge in [0, 0.05) is 29.9 Å². The molecule has 0 fully saturated rings. The summed E-state index contributed by atoms with van der Waals surface area (Å²) in [5.74, 6) is 1.27. The molecule has 1 N–H and O–H groups in total. The van der Waals surface area contributed by atoms with E-state index in [1.807, 2.05) is 12.1 Å². The van der Waals surface area contributed by atoms with Crippen LogP contribution in [0.3, 0.4) is 0 Å². The van der Waals surface area contributed by atoms with Crippen molar-refractivity contribution in [2.75, 3.05) is 25.7 Å². The molecular weight excluding hydrogens is 402 g/mol. The van der Waals surface area contributed by atoms with Crippen LogP contribution >= 0.6 is 0 Å². The van der Waals surface area contributed by atoms with Crippen LogP contribution in [0, 0.1) is 0 Å². The van der Waals surface area contributed by atoms with Crippen LogP contribution in [0.15, 0.2) is 71.8 Å². The first-order valence-corrected chi connectivity index (χ1v) is 10.6. The molecule has 4 rings (SSSR count). The molecule has 32 heavy (non-hydrogen) atoms. The first kappa shape index (κ1) is 21.4. The lowest BCUT2D eigenvalue weighted by Gasteiger charge is -2.31. The highest BCUT2D eigenvalue weighted by atomic mass is 16.5. The van der Waals surface area contributed by atoms with Crippen LogP contribution in [0.1, 0.15) is 33.5 Å². The fourth-order valence-corrected chi connectivity index (χ4v) is 3.96. The van der Waals surface area contributed by atoms with Gasteiger partial charge in [0.1, 0.15) is 11.5 Å². The molecule has 1 heterocycles. The first-order chi connectivity index (χ1) is 15.7. The number of para-hydroxylation sites is 1. The van der Waals surface area contributed by atoms with Gasteiger partial charge < -0.3 is 14.4 Å². The van der Waals surface area contributed by atoms with Crippen molar-refractivity contribution in [3.05, 3.63) is 89.0 Å². The molecular formula is C26H27N3O3. The van der Waals surface area contributed by atoms with E-state index in [2.05, 4.69) is 45.8 Å². The molecule has 1 aliphatic rings. The van der Waals surface area contributed by atoms with Gasteiger partial charge in [-0.15, -0.1) is 0 Å². The first-order valence-electron chi connectivity index (χ1n) is 10.6. The van der Waals surface area contributed by atoms with Gasteiger partial charge in [-0.05, 0) is 72.5 Å². The number of hydrogen-bond donors (Lipinski definition) is 1. The van der Waals surface area contributed by atoms with Gasteiger partial charge in [0.25, 0.3) is 5.91 Å². The fraction of sp³-hybridized carbons (Fsp3) is 0.231. The Balaban J connectivity index is 1.46. The summed E-state index contributed by atoms with van der Waals surface area (Å²) in [6, 6.07) is 21.4. The lowest BCUT2D eigenvalue weighted by atomic mass is 10.0. The van der Waals surface area contributed by atoms with Crippen LogP contribution in [0.4, 0.5) is 5.69 Å². The molecule has 164 valence electrons. The molecule has 0 bridgehead atoms. The zero-order valence-electron chi connectivity index (χ0n) is 18.4. The van der Waals surface area contributed by atoms with Crippen molar-refractivity contribution < 1.29 is 14.3 Å². The molecule has 0 aromatic heterocycles. The molecule has 1 aliphatic heterocycles. The highest BCUT2D eigenvalue weighted by molar-refractivity contribution is 5.95. The number of anilines is 1. The Morgan fingerprint density at radius 1 is 1.06 bits per heavy atom. The summed E-state index contributed by atoms with van der Waals surface area (Å²) in [6.45, 7) is 1.76. The molecule has 6 nitrogen and oxygen atoms in total. The summed E-state index contributed by atoms with van der Waals surface area (Å²) in [4.78, 5) is 14.7. The number of rotatable bonds is 7. The van der Waals surface area contributed by atoms with Gasteiger partial charge in [-0.3, -0.25) is 4.79 Å². The number of hydrazone groups is 1. The summed E-state index contributed by atoms with van der Waals surface area (Å²) in [5.41, 5.74) is 7.73. The summed E-state index contributed by atoms with van der Waals surface area (Å²) in [7, 11) is 3.28. The molecule has 0 radical (unpaired) electrons. The second-order valence-electron chi connectivity index (χ2n) is 7.65. The summed E-state index contributed by atoms with van der Waals surface area (Å²) in [6.07, 6.45) is 3.90. The zero-order valence-corrected chi connectivity index (χ0v) is 18.4. The minimum absolute atomic E-state index is 0.275. The predicted molar refractivity (Wildman–Crippen MR) is 127 cm³/mol. The Bertz CT molecular complexity index is 1110. The lowest BCUT2D eigenvalue weighted by Crippen LogP contribution is -2.29. The Labute approximate surface area is 188 Å². The van der Waals surface area contributed by atoms with Gasteiger partial charge in [0.2, 0.25) is 0 Å². The van der Waals surface area contributed by atoms with Gasteiger partial charge >= 0.3 is 0 Å². The van der Waals surface area contributed by atoms with Crippen LogP contribution in [0.5, 0.6) is 11.5 Å². The number of nitrogens with one attached hydrogen (secondary N) is 1. The molecule has 0 unspecified atom stereocenters. The van der Waals surface area contributed by atoms with Crippen molar-refractivity contribution in [1.82, 2.24) is 5.43 Å². The van der Waals surface area contributed by atoms with E-state index < -0.39 is 0 Å². The summed E-state index contributed by atoms with van der Waals surface area (Å²) in [5, 5.41) is 4.13. The van der Waals surface area contributed by atoms with E-state index in [0.717, 1.165) is 42.8 Å². The SMILES string of the molecule is COc1ccc(C(=O)NN=Cc2ccc(OC)c(CN3CCCc4ccccc43)c2)cc1. The third kappa shape index (κ3) is 4.91. The Morgan fingerprint density at radius 3 is 2.66 bits per heavy atom. The van der Waals surface area contributed by atoms with Crippen molar-refractivity contribution in [2.45, 2.75) is 19.4 Å². The largest absolute Gasteiger partial charge is 0.497 e. The number of carbonyl (C=O) groups excluding carboxylic acids is 1. The number of aryl methyl sites for hydroxylation is 1. The van der Waals surface area contributed by atoms with Gasteiger partial charge in [-0.25, -0.2) is 5.43 Å². The maximum atomic E-state index is 12.3.